The van der Waals surface area contributed by atoms with Crippen LogP contribution in [0.4, 0.5) is 0 Å². The second kappa shape index (κ2) is 4.97. The van der Waals surface area contributed by atoms with Crippen LogP contribution in [0, 0.1) is 0 Å². The van der Waals surface area contributed by atoms with Crippen molar-refractivity contribution in [2.24, 2.45) is 0 Å². The third-order valence-corrected chi connectivity index (χ3v) is 3.48. The highest BCUT2D eigenvalue weighted by atomic mass is 16.6. The van der Waals surface area contributed by atoms with Gasteiger partial charge in [0.1, 0.15) is 12.1 Å². The molecule has 2 atom stereocenters. The molecule has 2 aliphatic heterocycles. The smallest absolute Gasteiger partial charge is 0.323 e. The predicted molar refractivity (Wildman–Crippen MR) is 58.6 cm³/mol. The maximum atomic E-state index is 11.6. The van der Waals surface area contributed by atoms with Crippen molar-refractivity contribution in [1.82, 2.24) is 4.90 Å². The lowest BCUT2D eigenvalue weighted by atomic mass is 10.1. The first-order valence-corrected chi connectivity index (χ1v) is 6.22. The summed E-state index contributed by atoms with van der Waals surface area (Å²) in [5.41, 5.74) is 0. The number of cyclic esters (lactones) is 1. The SMILES string of the molecule is C[C@H]1C[C@@H](N2CCCCCCC2)C(=O)O1. The summed E-state index contributed by atoms with van der Waals surface area (Å²) < 4.78 is 5.22. The maximum absolute atomic E-state index is 11.6. The van der Waals surface area contributed by atoms with Crippen LogP contribution in [0.3, 0.4) is 0 Å². The van der Waals surface area contributed by atoms with Gasteiger partial charge in [-0.05, 0) is 32.9 Å². The zero-order valence-electron chi connectivity index (χ0n) is 9.58. The number of ether oxygens (including phenoxy) is 1. The van der Waals surface area contributed by atoms with Gasteiger partial charge in [-0.15, -0.1) is 0 Å². The third-order valence-electron chi connectivity index (χ3n) is 3.48. The highest BCUT2D eigenvalue weighted by molar-refractivity contribution is 5.77. The fourth-order valence-corrected chi connectivity index (χ4v) is 2.62. The molecule has 3 heteroatoms. The Morgan fingerprint density at radius 1 is 1.13 bits per heavy atom. The first-order chi connectivity index (χ1) is 7.27. The molecular formula is C12H21NO2. The molecule has 2 rings (SSSR count). The largest absolute Gasteiger partial charge is 0.461 e. The minimum atomic E-state index is 0.00285. The molecule has 86 valence electrons. The normalized spacial score (nSPS) is 34.6. The summed E-state index contributed by atoms with van der Waals surface area (Å²) in [4.78, 5) is 14.0. The van der Waals surface area contributed by atoms with Crippen LogP contribution in [-0.2, 0) is 9.53 Å². The van der Waals surface area contributed by atoms with E-state index in [2.05, 4.69) is 4.90 Å². The fourth-order valence-electron chi connectivity index (χ4n) is 2.62. The molecule has 0 amide bonds. The Labute approximate surface area is 91.8 Å². The molecule has 15 heavy (non-hydrogen) atoms. The van der Waals surface area contributed by atoms with Gasteiger partial charge in [0.25, 0.3) is 0 Å². The monoisotopic (exact) mass is 211 g/mol. The Balaban J connectivity index is 1.92. The van der Waals surface area contributed by atoms with Gasteiger partial charge in [0.05, 0.1) is 0 Å². The van der Waals surface area contributed by atoms with E-state index in [1.54, 1.807) is 0 Å². The van der Waals surface area contributed by atoms with Gasteiger partial charge in [0.15, 0.2) is 0 Å². The van der Waals surface area contributed by atoms with Crippen LogP contribution in [0.1, 0.15) is 45.4 Å². The first kappa shape index (κ1) is 10.9. The molecule has 2 heterocycles. The summed E-state index contributed by atoms with van der Waals surface area (Å²) >= 11 is 0. The number of carbonyl (C=O) groups is 1. The lowest BCUT2D eigenvalue weighted by molar-refractivity contribution is -0.144. The van der Waals surface area contributed by atoms with Crippen molar-refractivity contribution in [2.75, 3.05) is 13.1 Å². The first-order valence-electron chi connectivity index (χ1n) is 6.22. The van der Waals surface area contributed by atoms with Crippen molar-refractivity contribution in [2.45, 2.75) is 57.6 Å². The van der Waals surface area contributed by atoms with Gasteiger partial charge < -0.3 is 4.74 Å². The minimum Gasteiger partial charge on any atom is -0.461 e. The van der Waals surface area contributed by atoms with E-state index >= 15 is 0 Å². The average molecular weight is 211 g/mol. The topological polar surface area (TPSA) is 29.5 Å². The van der Waals surface area contributed by atoms with Gasteiger partial charge in [-0.3, -0.25) is 9.69 Å². The highest BCUT2D eigenvalue weighted by Gasteiger charge is 2.35. The molecule has 0 spiro atoms. The summed E-state index contributed by atoms with van der Waals surface area (Å²) in [7, 11) is 0. The van der Waals surface area contributed by atoms with Crippen molar-refractivity contribution in [1.29, 1.82) is 0 Å². The molecule has 0 N–H and O–H groups in total. The molecule has 3 nitrogen and oxygen atoms in total. The Hall–Kier alpha value is -0.570. The van der Waals surface area contributed by atoms with Crippen molar-refractivity contribution >= 4 is 5.97 Å². The van der Waals surface area contributed by atoms with Crippen molar-refractivity contribution in [3.05, 3.63) is 0 Å². The van der Waals surface area contributed by atoms with Gasteiger partial charge >= 0.3 is 5.97 Å². The fraction of sp³-hybridized carbons (Fsp3) is 0.917. The standard InChI is InChI=1S/C12H21NO2/c1-10-9-11(12(14)15-10)13-7-5-3-2-4-6-8-13/h10-11H,2-9H2,1H3/t10-,11+/m0/s1. The van der Waals surface area contributed by atoms with Gasteiger partial charge in [0, 0.05) is 6.42 Å². The summed E-state index contributed by atoms with van der Waals surface area (Å²) in [6.45, 7) is 4.14. The number of rotatable bonds is 1. The number of nitrogens with zero attached hydrogens (tertiary/aromatic N) is 1. The zero-order valence-corrected chi connectivity index (χ0v) is 9.58. The summed E-state index contributed by atoms with van der Waals surface area (Å²) in [6, 6.07) is 0.0538. The average Bonchev–Trinajstić information content (AvgIpc) is 2.45. The number of carbonyl (C=O) groups excluding carboxylic acids is 1. The van der Waals surface area contributed by atoms with Crippen LogP contribution >= 0.6 is 0 Å². The van der Waals surface area contributed by atoms with E-state index in [0.29, 0.717) is 0 Å². The van der Waals surface area contributed by atoms with Gasteiger partial charge in [-0.2, -0.15) is 0 Å². The van der Waals surface area contributed by atoms with Crippen LogP contribution in [-0.4, -0.2) is 36.1 Å². The predicted octanol–water partition coefficient (Wildman–Crippen LogP) is 1.96. The Morgan fingerprint density at radius 2 is 1.73 bits per heavy atom. The third kappa shape index (κ3) is 2.71. The molecular weight excluding hydrogens is 190 g/mol. The summed E-state index contributed by atoms with van der Waals surface area (Å²) in [5, 5.41) is 0. The van der Waals surface area contributed by atoms with Crippen LogP contribution in [0.5, 0.6) is 0 Å². The van der Waals surface area contributed by atoms with E-state index in [1.165, 1.54) is 32.1 Å². The van der Waals surface area contributed by atoms with Crippen LogP contribution in [0.2, 0.25) is 0 Å². The molecule has 2 saturated heterocycles. The molecule has 2 fully saturated rings. The van der Waals surface area contributed by atoms with Gasteiger partial charge in [-0.1, -0.05) is 19.3 Å². The Bertz CT molecular complexity index is 222. The molecule has 0 unspecified atom stereocenters. The molecule has 0 aliphatic carbocycles. The minimum absolute atomic E-state index is 0.00285. The lowest BCUT2D eigenvalue weighted by Gasteiger charge is -2.27. The molecule has 0 aromatic carbocycles. The second-order valence-electron chi connectivity index (χ2n) is 4.80. The van der Waals surface area contributed by atoms with Crippen molar-refractivity contribution < 1.29 is 9.53 Å². The Kier molecular flexibility index (Phi) is 3.62. The number of likely N-dealkylation sites (tertiary alicyclic amines) is 1. The quantitative estimate of drug-likeness (QED) is 0.621. The maximum Gasteiger partial charge on any atom is 0.323 e. The summed E-state index contributed by atoms with van der Waals surface area (Å²) in [6.07, 6.45) is 7.46. The van der Waals surface area contributed by atoms with E-state index in [1.807, 2.05) is 6.92 Å². The van der Waals surface area contributed by atoms with Gasteiger partial charge in [0.2, 0.25) is 0 Å². The van der Waals surface area contributed by atoms with Crippen molar-refractivity contribution in [3.63, 3.8) is 0 Å². The number of esters is 1. The van der Waals surface area contributed by atoms with Crippen molar-refractivity contribution in [3.8, 4) is 0 Å². The molecule has 0 radical (unpaired) electrons. The lowest BCUT2D eigenvalue weighted by Crippen LogP contribution is -2.40. The highest BCUT2D eigenvalue weighted by Crippen LogP contribution is 2.22. The van der Waals surface area contributed by atoms with Gasteiger partial charge in [-0.25, -0.2) is 0 Å². The molecule has 2 aliphatic rings. The number of hydrogen-bond donors (Lipinski definition) is 0. The van der Waals surface area contributed by atoms with E-state index in [9.17, 15) is 4.79 Å². The van der Waals surface area contributed by atoms with E-state index < -0.39 is 0 Å². The van der Waals surface area contributed by atoms with Crippen LogP contribution < -0.4 is 0 Å². The van der Waals surface area contributed by atoms with E-state index in [-0.39, 0.29) is 18.1 Å². The molecule has 0 saturated carbocycles. The number of hydrogen-bond acceptors (Lipinski definition) is 3. The molecule has 0 aromatic rings. The second-order valence-corrected chi connectivity index (χ2v) is 4.80. The van der Waals surface area contributed by atoms with Crippen LogP contribution in [0.25, 0.3) is 0 Å². The molecule has 0 bridgehead atoms. The van der Waals surface area contributed by atoms with E-state index in [0.717, 1.165) is 19.5 Å². The Morgan fingerprint density at radius 3 is 2.27 bits per heavy atom. The van der Waals surface area contributed by atoms with Crippen LogP contribution in [0.15, 0.2) is 0 Å². The molecule has 0 aromatic heterocycles. The summed E-state index contributed by atoms with van der Waals surface area (Å²) in [5.74, 6) is 0.00285. The van der Waals surface area contributed by atoms with E-state index in [4.69, 9.17) is 4.74 Å². The zero-order chi connectivity index (χ0) is 10.7.